The molecule has 110 valence electrons. The molecule has 2 atom stereocenters. The number of fused-ring (bicyclic) bond motifs is 1. The van der Waals surface area contributed by atoms with Crippen LogP contribution in [0.15, 0.2) is 36.4 Å². The summed E-state index contributed by atoms with van der Waals surface area (Å²) in [5, 5.41) is 0.751. The maximum Gasteiger partial charge on any atom is 0.128 e. The van der Waals surface area contributed by atoms with E-state index < -0.39 is 0 Å². The standard InChI is InChI=1S/C17H18ClNO2/c1-10-3-4-11(7-14(10)18)16-9-15(19)13-6-5-12(20-2)8-17(13)21-16/h3-8,15-16H,9,19H2,1-2H3. The molecule has 2 unspecified atom stereocenters. The highest BCUT2D eigenvalue weighted by Crippen LogP contribution is 2.41. The summed E-state index contributed by atoms with van der Waals surface area (Å²) in [5.41, 5.74) is 9.41. The van der Waals surface area contributed by atoms with E-state index in [1.807, 2.05) is 43.3 Å². The van der Waals surface area contributed by atoms with Crippen LogP contribution >= 0.6 is 11.6 Å². The molecule has 1 aliphatic heterocycles. The van der Waals surface area contributed by atoms with Gasteiger partial charge in [-0.2, -0.15) is 0 Å². The predicted molar refractivity (Wildman–Crippen MR) is 84.1 cm³/mol. The average molecular weight is 304 g/mol. The van der Waals surface area contributed by atoms with Gasteiger partial charge in [0, 0.05) is 29.1 Å². The van der Waals surface area contributed by atoms with E-state index in [4.69, 9.17) is 26.8 Å². The van der Waals surface area contributed by atoms with Crippen molar-refractivity contribution in [1.29, 1.82) is 0 Å². The maximum absolute atomic E-state index is 6.28. The molecule has 0 radical (unpaired) electrons. The van der Waals surface area contributed by atoms with Crippen LogP contribution in [-0.2, 0) is 0 Å². The van der Waals surface area contributed by atoms with E-state index >= 15 is 0 Å². The lowest BCUT2D eigenvalue weighted by atomic mass is 9.93. The second-order valence-electron chi connectivity index (χ2n) is 5.36. The molecule has 0 saturated carbocycles. The Morgan fingerprint density at radius 3 is 2.76 bits per heavy atom. The SMILES string of the molecule is COc1ccc2c(c1)OC(c1ccc(C)c(Cl)c1)CC2N. The lowest BCUT2D eigenvalue weighted by Crippen LogP contribution is -2.24. The van der Waals surface area contributed by atoms with Crippen molar-refractivity contribution in [2.75, 3.05) is 7.11 Å². The topological polar surface area (TPSA) is 44.5 Å². The zero-order valence-corrected chi connectivity index (χ0v) is 12.9. The third-order valence-electron chi connectivity index (χ3n) is 3.93. The van der Waals surface area contributed by atoms with Gasteiger partial charge in [-0.05, 0) is 30.2 Å². The summed E-state index contributed by atoms with van der Waals surface area (Å²) in [4.78, 5) is 0. The second-order valence-corrected chi connectivity index (χ2v) is 5.77. The third-order valence-corrected chi connectivity index (χ3v) is 4.33. The number of aryl methyl sites for hydroxylation is 1. The van der Waals surface area contributed by atoms with Gasteiger partial charge in [-0.15, -0.1) is 0 Å². The smallest absolute Gasteiger partial charge is 0.128 e. The minimum atomic E-state index is -0.0855. The van der Waals surface area contributed by atoms with Gasteiger partial charge in [0.25, 0.3) is 0 Å². The van der Waals surface area contributed by atoms with E-state index in [0.717, 1.165) is 39.6 Å². The first-order valence-electron chi connectivity index (χ1n) is 6.94. The quantitative estimate of drug-likeness (QED) is 0.905. The molecule has 1 aliphatic rings. The lowest BCUT2D eigenvalue weighted by Gasteiger charge is -2.31. The molecule has 0 aliphatic carbocycles. The summed E-state index contributed by atoms with van der Waals surface area (Å²) >= 11 is 6.21. The molecule has 2 aromatic carbocycles. The Morgan fingerprint density at radius 1 is 1.24 bits per heavy atom. The Morgan fingerprint density at radius 2 is 2.05 bits per heavy atom. The van der Waals surface area contributed by atoms with Gasteiger partial charge in [-0.25, -0.2) is 0 Å². The highest BCUT2D eigenvalue weighted by Gasteiger charge is 2.27. The fraction of sp³-hybridized carbons (Fsp3) is 0.294. The normalized spacial score (nSPS) is 20.6. The van der Waals surface area contributed by atoms with Crippen molar-refractivity contribution >= 4 is 11.6 Å². The third kappa shape index (κ3) is 2.71. The second kappa shape index (κ2) is 5.58. The van der Waals surface area contributed by atoms with Crippen LogP contribution in [0.25, 0.3) is 0 Å². The predicted octanol–water partition coefficient (Wildman–Crippen LogP) is 4.18. The molecule has 1 heterocycles. The maximum atomic E-state index is 6.28. The van der Waals surface area contributed by atoms with E-state index in [1.54, 1.807) is 7.11 Å². The summed E-state index contributed by atoms with van der Waals surface area (Å²) in [6.45, 7) is 1.99. The summed E-state index contributed by atoms with van der Waals surface area (Å²) in [6, 6.07) is 11.7. The van der Waals surface area contributed by atoms with Crippen LogP contribution in [0.5, 0.6) is 11.5 Å². The van der Waals surface area contributed by atoms with Crippen LogP contribution in [0.3, 0.4) is 0 Å². The van der Waals surface area contributed by atoms with Crippen LogP contribution < -0.4 is 15.2 Å². The molecule has 2 N–H and O–H groups in total. The summed E-state index contributed by atoms with van der Waals surface area (Å²) < 4.78 is 11.4. The van der Waals surface area contributed by atoms with Gasteiger partial charge in [0.15, 0.2) is 0 Å². The van der Waals surface area contributed by atoms with Gasteiger partial charge < -0.3 is 15.2 Å². The zero-order chi connectivity index (χ0) is 15.0. The van der Waals surface area contributed by atoms with E-state index in [1.165, 1.54) is 0 Å². The van der Waals surface area contributed by atoms with Crippen molar-refractivity contribution in [3.05, 3.63) is 58.1 Å². The molecular formula is C17H18ClNO2. The molecule has 0 fully saturated rings. The fourth-order valence-electron chi connectivity index (χ4n) is 2.62. The van der Waals surface area contributed by atoms with Crippen LogP contribution in [0.2, 0.25) is 5.02 Å². The highest BCUT2D eigenvalue weighted by atomic mass is 35.5. The molecule has 0 aromatic heterocycles. The van der Waals surface area contributed by atoms with E-state index in [-0.39, 0.29) is 12.1 Å². The number of ether oxygens (including phenoxy) is 2. The molecule has 0 bridgehead atoms. The molecule has 3 rings (SSSR count). The number of rotatable bonds is 2. The fourth-order valence-corrected chi connectivity index (χ4v) is 2.81. The van der Waals surface area contributed by atoms with E-state index in [9.17, 15) is 0 Å². The molecule has 21 heavy (non-hydrogen) atoms. The number of benzene rings is 2. The molecular weight excluding hydrogens is 286 g/mol. The van der Waals surface area contributed by atoms with Crippen LogP contribution in [0.1, 0.15) is 35.3 Å². The molecule has 2 aromatic rings. The first-order valence-corrected chi connectivity index (χ1v) is 7.32. The van der Waals surface area contributed by atoms with Crippen molar-refractivity contribution in [1.82, 2.24) is 0 Å². The summed E-state index contributed by atoms with van der Waals surface area (Å²) in [7, 11) is 1.64. The van der Waals surface area contributed by atoms with Crippen molar-refractivity contribution in [3.63, 3.8) is 0 Å². The minimum absolute atomic E-state index is 0.0512. The monoisotopic (exact) mass is 303 g/mol. The van der Waals surface area contributed by atoms with Crippen molar-refractivity contribution in [2.24, 2.45) is 5.73 Å². The molecule has 3 nitrogen and oxygen atoms in total. The van der Waals surface area contributed by atoms with Crippen molar-refractivity contribution < 1.29 is 9.47 Å². The largest absolute Gasteiger partial charge is 0.497 e. The highest BCUT2D eigenvalue weighted by molar-refractivity contribution is 6.31. The average Bonchev–Trinajstić information content (AvgIpc) is 2.49. The van der Waals surface area contributed by atoms with Gasteiger partial charge >= 0.3 is 0 Å². The molecule has 0 saturated heterocycles. The minimum Gasteiger partial charge on any atom is -0.497 e. The Bertz CT molecular complexity index is 672. The Hall–Kier alpha value is -1.71. The number of hydrogen-bond donors (Lipinski definition) is 1. The zero-order valence-electron chi connectivity index (χ0n) is 12.1. The Kier molecular flexibility index (Phi) is 3.79. The first-order chi connectivity index (χ1) is 10.1. The van der Waals surface area contributed by atoms with Crippen molar-refractivity contribution in [3.8, 4) is 11.5 Å². The van der Waals surface area contributed by atoms with Gasteiger partial charge in [-0.3, -0.25) is 0 Å². The van der Waals surface area contributed by atoms with Gasteiger partial charge in [-0.1, -0.05) is 29.8 Å². The van der Waals surface area contributed by atoms with Crippen molar-refractivity contribution in [2.45, 2.75) is 25.5 Å². The first kappa shape index (κ1) is 14.2. The van der Waals surface area contributed by atoms with Gasteiger partial charge in [0.05, 0.1) is 7.11 Å². The number of methoxy groups -OCH3 is 1. The van der Waals surface area contributed by atoms with Gasteiger partial charge in [0.2, 0.25) is 0 Å². The number of halogens is 1. The van der Waals surface area contributed by atoms with E-state index in [0.29, 0.717) is 0 Å². The Labute approximate surface area is 129 Å². The summed E-state index contributed by atoms with van der Waals surface area (Å²) in [6.07, 6.45) is 0.649. The van der Waals surface area contributed by atoms with Crippen LogP contribution in [0.4, 0.5) is 0 Å². The van der Waals surface area contributed by atoms with Crippen LogP contribution in [0, 0.1) is 6.92 Å². The molecule has 0 spiro atoms. The molecule has 4 heteroatoms. The number of nitrogens with two attached hydrogens (primary N) is 1. The van der Waals surface area contributed by atoms with Crippen LogP contribution in [-0.4, -0.2) is 7.11 Å². The van der Waals surface area contributed by atoms with E-state index in [2.05, 4.69) is 0 Å². The molecule has 0 amide bonds. The Balaban J connectivity index is 1.94. The lowest BCUT2D eigenvalue weighted by molar-refractivity contribution is 0.161. The number of hydrogen-bond acceptors (Lipinski definition) is 3. The summed E-state index contributed by atoms with van der Waals surface area (Å²) in [5.74, 6) is 1.55. The van der Waals surface area contributed by atoms with Gasteiger partial charge in [0.1, 0.15) is 17.6 Å².